The van der Waals surface area contributed by atoms with Gasteiger partial charge in [-0.05, 0) is 24.5 Å². The van der Waals surface area contributed by atoms with Crippen molar-refractivity contribution in [3.8, 4) is 0 Å². The fourth-order valence-electron chi connectivity index (χ4n) is 2.14. The monoisotopic (exact) mass is 272 g/mol. The average molecular weight is 272 g/mol. The standard InChI is InChI=1S/C14H16N4O2/c1-10(7-15-12-3-4-12)9-17-14-6-13(18(19)20)5-2-11(14)8-16-17/h2,5-6,8,12,15H,1,3-4,7,9H2. The Balaban J connectivity index is 1.77. The molecule has 1 saturated carbocycles. The first-order chi connectivity index (χ1) is 9.63. The van der Waals surface area contributed by atoms with Crippen molar-refractivity contribution < 1.29 is 4.92 Å². The van der Waals surface area contributed by atoms with E-state index in [1.54, 1.807) is 23.0 Å². The van der Waals surface area contributed by atoms with Gasteiger partial charge in [0.1, 0.15) is 0 Å². The molecular formula is C14H16N4O2. The lowest BCUT2D eigenvalue weighted by atomic mass is 10.2. The molecule has 1 aliphatic rings. The number of aromatic nitrogens is 2. The summed E-state index contributed by atoms with van der Waals surface area (Å²) in [5, 5.41) is 19.4. The van der Waals surface area contributed by atoms with Crippen LogP contribution in [0.15, 0.2) is 36.5 Å². The maximum absolute atomic E-state index is 10.8. The van der Waals surface area contributed by atoms with E-state index in [0.29, 0.717) is 12.6 Å². The van der Waals surface area contributed by atoms with Crippen LogP contribution < -0.4 is 5.32 Å². The fourth-order valence-corrected chi connectivity index (χ4v) is 2.14. The summed E-state index contributed by atoms with van der Waals surface area (Å²) in [6.07, 6.45) is 4.20. The third-order valence-corrected chi connectivity index (χ3v) is 3.43. The smallest absolute Gasteiger partial charge is 0.271 e. The normalized spacial score (nSPS) is 14.6. The number of nitrogens with zero attached hydrogens (tertiary/aromatic N) is 3. The Morgan fingerprint density at radius 2 is 2.35 bits per heavy atom. The second kappa shape index (κ2) is 5.05. The van der Waals surface area contributed by atoms with Gasteiger partial charge in [0.15, 0.2) is 0 Å². The molecule has 0 unspecified atom stereocenters. The highest BCUT2D eigenvalue weighted by atomic mass is 16.6. The molecule has 1 fully saturated rings. The zero-order chi connectivity index (χ0) is 14.1. The minimum absolute atomic E-state index is 0.0842. The minimum Gasteiger partial charge on any atom is -0.310 e. The summed E-state index contributed by atoms with van der Waals surface area (Å²) < 4.78 is 1.76. The van der Waals surface area contributed by atoms with Crippen molar-refractivity contribution in [3.63, 3.8) is 0 Å². The Morgan fingerprint density at radius 1 is 1.55 bits per heavy atom. The van der Waals surface area contributed by atoms with Crippen LogP contribution in [0.5, 0.6) is 0 Å². The molecule has 0 spiro atoms. The van der Waals surface area contributed by atoms with Gasteiger partial charge in [0.2, 0.25) is 0 Å². The molecule has 0 radical (unpaired) electrons. The lowest BCUT2D eigenvalue weighted by Gasteiger charge is -2.08. The summed E-state index contributed by atoms with van der Waals surface area (Å²) in [6.45, 7) is 5.38. The fraction of sp³-hybridized carbons (Fsp3) is 0.357. The number of nitro groups is 1. The lowest BCUT2D eigenvalue weighted by Crippen LogP contribution is -2.21. The predicted molar refractivity (Wildman–Crippen MR) is 76.6 cm³/mol. The quantitative estimate of drug-likeness (QED) is 0.497. The molecule has 1 aromatic heterocycles. The summed E-state index contributed by atoms with van der Waals surface area (Å²) in [4.78, 5) is 10.4. The summed E-state index contributed by atoms with van der Waals surface area (Å²) in [5.41, 5.74) is 1.88. The molecule has 1 N–H and O–H groups in total. The number of non-ortho nitro benzene ring substituents is 1. The van der Waals surface area contributed by atoms with Crippen molar-refractivity contribution in [2.75, 3.05) is 6.54 Å². The summed E-state index contributed by atoms with van der Waals surface area (Å²) in [5.74, 6) is 0. The topological polar surface area (TPSA) is 73.0 Å². The number of rotatable bonds is 6. The largest absolute Gasteiger partial charge is 0.310 e. The van der Waals surface area contributed by atoms with Gasteiger partial charge in [-0.2, -0.15) is 5.10 Å². The molecular weight excluding hydrogens is 256 g/mol. The van der Waals surface area contributed by atoms with E-state index in [1.165, 1.54) is 18.9 Å². The van der Waals surface area contributed by atoms with Crippen LogP contribution in [0, 0.1) is 10.1 Å². The first-order valence-corrected chi connectivity index (χ1v) is 6.63. The number of benzene rings is 1. The highest BCUT2D eigenvalue weighted by Gasteiger charge is 2.20. The minimum atomic E-state index is -0.389. The van der Waals surface area contributed by atoms with E-state index in [0.717, 1.165) is 23.0 Å². The van der Waals surface area contributed by atoms with Crippen LogP contribution in [0.1, 0.15) is 12.8 Å². The molecule has 1 aromatic carbocycles. The molecule has 3 rings (SSSR count). The van der Waals surface area contributed by atoms with Gasteiger partial charge in [-0.1, -0.05) is 6.58 Å². The zero-order valence-electron chi connectivity index (χ0n) is 11.1. The lowest BCUT2D eigenvalue weighted by molar-refractivity contribution is -0.384. The van der Waals surface area contributed by atoms with Crippen LogP contribution in [0.25, 0.3) is 10.9 Å². The Bertz CT molecular complexity index is 673. The first-order valence-electron chi connectivity index (χ1n) is 6.63. The molecule has 0 saturated heterocycles. The summed E-state index contributed by atoms with van der Waals surface area (Å²) in [6, 6.07) is 5.42. The molecule has 1 aliphatic carbocycles. The van der Waals surface area contributed by atoms with Crippen molar-refractivity contribution >= 4 is 16.6 Å². The van der Waals surface area contributed by atoms with Crippen molar-refractivity contribution in [3.05, 3.63) is 46.7 Å². The van der Waals surface area contributed by atoms with Crippen LogP contribution in [0.3, 0.4) is 0 Å². The molecule has 0 aliphatic heterocycles. The first kappa shape index (κ1) is 12.8. The molecule has 0 amide bonds. The number of fused-ring (bicyclic) bond motifs is 1. The van der Waals surface area contributed by atoms with Gasteiger partial charge in [0.05, 0.1) is 23.2 Å². The van der Waals surface area contributed by atoms with Crippen molar-refractivity contribution in [1.82, 2.24) is 15.1 Å². The van der Waals surface area contributed by atoms with Crippen LogP contribution in [0.2, 0.25) is 0 Å². The number of nitrogens with one attached hydrogen (secondary N) is 1. The van der Waals surface area contributed by atoms with Crippen LogP contribution in [-0.2, 0) is 6.54 Å². The van der Waals surface area contributed by atoms with Crippen molar-refractivity contribution in [2.45, 2.75) is 25.4 Å². The average Bonchev–Trinajstić information content (AvgIpc) is 3.18. The van der Waals surface area contributed by atoms with Gasteiger partial charge in [0.25, 0.3) is 5.69 Å². The Morgan fingerprint density at radius 3 is 3.05 bits per heavy atom. The SMILES string of the molecule is C=C(CNC1CC1)Cn1ncc2ccc([N+](=O)[O-])cc21. The second-order valence-corrected chi connectivity index (χ2v) is 5.21. The van der Waals surface area contributed by atoms with Gasteiger partial charge in [-0.25, -0.2) is 0 Å². The zero-order valence-corrected chi connectivity index (χ0v) is 11.1. The third kappa shape index (κ3) is 2.70. The van der Waals surface area contributed by atoms with Gasteiger partial charge in [-0.3, -0.25) is 14.8 Å². The van der Waals surface area contributed by atoms with E-state index < -0.39 is 0 Å². The van der Waals surface area contributed by atoms with E-state index in [1.807, 2.05) is 0 Å². The van der Waals surface area contributed by atoms with E-state index >= 15 is 0 Å². The number of hydrogen-bond donors (Lipinski definition) is 1. The van der Waals surface area contributed by atoms with Gasteiger partial charge in [-0.15, -0.1) is 0 Å². The van der Waals surface area contributed by atoms with Crippen LogP contribution in [0.4, 0.5) is 5.69 Å². The van der Waals surface area contributed by atoms with Gasteiger partial charge < -0.3 is 5.32 Å². The van der Waals surface area contributed by atoms with Crippen LogP contribution >= 0.6 is 0 Å². The molecule has 1 heterocycles. The van der Waals surface area contributed by atoms with Crippen molar-refractivity contribution in [1.29, 1.82) is 0 Å². The van der Waals surface area contributed by atoms with Gasteiger partial charge >= 0.3 is 0 Å². The molecule has 0 bridgehead atoms. The highest BCUT2D eigenvalue weighted by molar-refractivity contribution is 5.81. The molecule has 20 heavy (non-hydrogen) atoms. The molecule has 6 heteroatoms. The van der Waals surface area contributed by atoms with Gasteiger partial charge in [0, 0.05) is 30.1 Å². The Hall–Kier alpha value is -2.21. The molecule has 104 valence electrons. The maximum Gasteiger partial charge on any atom is 0.271 e. The maximum atomic E-state index is 10.8. The van der Waals surface area contributed by atoms with Crippen molar-refractivity contribution in [2.24, 2.45) is 0 Å². The molecule has 6 nitrogen and oxygen atoms in total. The molecule has 2 aromatic rings. The van der Waals surface area contributed by atoms with E-state index in [4.69, 9.17) is 0 Å². The second-order valence-electron chi connectivity index (χ2n) is 5.21. The molecule has 0 atom stereocenters. The Kier molecular flexibility index (Phi) is 3.23. The third-order valence-electron chi connectivity index (χ3n) is 3.43. The highest BCUT2D eigenvalue weighted by Crippen LogP contribution is 2.21. The van der Waals surface area contributed by atoms with E-state index in [9.17, 15) is 10.1 Å². The predicted octanol–water partition coefficient (Wildman–Crippen LogP) is 2.25. The Labute approximate surface area is 116 Å². The number of nitro benzene ring substituents is 1. The van der Waals surface area contributed by atoms with E-state index in [-0.39, 0.29) is 10.6 Å². The number of hydrogen-bond acceptors (Lipinski definition) is 4. The van der Waals surface area contributed by atoms with Crippen LogP contribution in [-0.4, -0.2) is 27.3 Å². The summed E-state index contributed by atoms with van der Waals surface area (Å²) in [7, 11) is 0. The van der Waals surface area contributed by atoms with E-state index in [2.05, 4.69) is 17.0 Å². The summed E-state index contributed by atoms with van der Waals surface area (Å²) >= 11 is 0.